The van der Waals surface area contributed by atoms with Gasteiger partial charge in [0.15, 0.2) is 0 Å². The van der Waals surface area contributed by atoms with Crippen molar-refractivity contribution in [2.75, 3.05) is 11.1 Å². The monoisotopic (exact) mass is 328 g/mol. The maximum absolute atomic E-state index is 12.2. The molecule has 0 radical (unpaired) electrons. The number of nitrogens with zero attached hydrogens (tertiary/aromatic N) is 2. The normalized spacial score (nSPS) is 10.7. The van der Waals surface area contributed by atoms with Gasteiger partial charge >= 0.3 is 0 Å². The third-order valence-corrected chi connectivity index (χ3v) is 4.19. The van der Waals surface area contributed by atoms with E-state index in [1.54, 1.807) is 23.5 Å². The molecule has 0 fully saturated rings. The first kappa shape index (κ1) is 14.9. The van der Waals surface area contributed by atoms with Crippen molar-refractivity contribution in [3.63, 3.8) is 0 Å². The molecule has 116 valence electrons. The molecule has 1 amide bonds. The molecule has 0 aliphatic rings. The van der Waals surface area contributed by atoms with Gasteiger partial charge in [0.05, 0.1) is 20.1 Å². The number of anilines is 2. The van der Waals surface area contributed by atoms with Crippen LogP contribution in [0.15, 0.2) is 36.4 Å². The van der Waals surface area contributed by atoms with Crippen molar-refractivity contribution in [1.82, 2.24) is 4.98 Å². The van der Waals surface area contributed by atoms with Gasteiger partial charge in [-0.2, -0.15) is 0 Å². The van der Waals surface area contributed by atoms with Gasteiger partial charge in [0.1, 0.15) is 5.69 Å². The van der Waals surface area contributed by atoms with E-state index >= 15 is 0 Å². The van der Waals surface area contributed by atoms with Gasteiger partial charge in [-0.1, -0.05) is 0 Å². The Labute approximate surface area is 134 Å². The predicted molar refractivity (Wildman–Crippen MR) is 89.8 cm³/mol. The Morgan fingerprint density at radius 1 is 1.30 bits per heavy atom. The Hall–Kier alpha value is -3.00. The second kappa shape index (κ2) is 5.65. The standard InChI is InChI=1S/C15H12N4O3S/c1-8-17-12-7-10(3-5-14(12)23-8)18-15(20)9-2-4-11(16)13(6-9)19(21)22/h2-7H,16H2,1H3,(H,18,20). The van der Waals surface area contributed by atoms with Crippen LogP contribution in [0.2, 0.25) is 0 Å². The summed E-state index contributed by atoms with van der Waals surface area (Å²) < 4.78 is 1.03. The van der Waals surface area contributed by atoms with Gasteiger partial charge in [-0.15, -0.1) is 11.3 Å². The number of benzene rings is 2. The fraction of sp³-hybridized carbons (Fsp3) is 0.0667. The predicted octanol–water partition coefficient (Wildman–Crippen LogP) is 3.35. The molecule has 7 nitrogen and oxygen atoms in total. The van der Waals surface area contributed by atoms with Crippen molar-refractivity contribution in [2.45, 2.75) is 6.92 Å². The van der Waals surface area contributed by atoms with Crippen LogP contribution in [0, 0.1) is 17.0 Å². The van der Waals surface area contributed by atoms with Gasteiger partial charge in [0.2, 0.25) is 0 Å². The van der Waals surface area contributed by atoms with Crippen LogP contribution in [0.4, 0.5) is 17.1 Å². The van der Waals surface area contributed by atoms with Gasteiger partial charge < -0.3 is 11.1 Å². The fourth-order valence-corrected chi connectivity index (χ4v) is 2.97. The number of nitrogens with two attached hydrogens (primary N) is 1. The van der Waals surface area contributed by atoms with E-state index < -0.39 is 10.8 Å². The summed E-state index contributed by atoms with van der Waals surface area (Å²) in [4.78, 5) is 26.9. The van der Waals surface area contributed by atoms with E-state index in [1.165, 1.54) is 12.1 Å². The van der Waals surface area contributed by atoms with Crippen LogP contribution in [0.5, 0.6) is 0 Å². The molecule has 0 saturated carbocycles. The third-order valence-electron chi connectivity index (χ3n) is 3.24. The van der Waals surface area contributed by atoms with Gasteiger partial charge in [0, 0.05) is 17.3 Å². The molecule has 0 aliphatic heterocycles. The SMILES string of the molecule is Cc1nc2cc(NC(=O)c3ccc(N)c([N+](=O)[O-])c3)ccc2s1. The van der Waals surface area contributed by atoms with E-state index in [-0.39, 0.29) is 16.9 Å². The van der Waals surface area contributed by atoms with Crippen LogP contribution in [-0.4, -0.2) is 15.8 Å². The molecule has 0 spiro atoms. The topological polar surface area (TPSA) is 111 Å². The summed E-state index contributed by atoms with van der Waals surface area (Å²) >= 11 is 1.57. The van der Waals surface area contributed by atoms with Gasteiger partial charge in [-0.3, -0.25) is 14.9 Å². The molecule has 23 heavy (non-hydrogen) atoms. The Bertz CT molecular complexity index is 936. The molecule has 2 aromatic carbocycles. The number of nitrogen functional groups attached to an aromatic ring is 1. The summed E-state index contributed by atoms with van der Waals surface area (Å²) in [6.45, 7) is 1.91. The van der Waals surface area contributed by atoms with Crippen LogP contribution in [0.3, 0.4) is 0 Å². The minimum absolute atomic E-state index is 0.0194. The first-order valence-corrected chi connectivity index (χ1v) is 7.48. The van der Waals surface area contributed by atoms with E-state index in [2.05, 4.69) is 10.3 Å². The largest absolute Gasteiger partial charge is 0.393 e. The summed E-state index contributed by atoms with van der Waals surface area (Å²) in [5.41, 5.74) is 6.80. The molecular weight excluding hydrogens is 316 g/mol. The Kier molecular flexibility index (Phi) is 3.67. The van der Waals surface area contributed by atoms with Crippen molar-refractivity contribution in [3.05, 3.63) is 57.1 Å². The summed E-state index contributed by atoms with van der Waals surface area (Å²) in [5.74, 6) is -0.445. The summed E-state index contributed by atoms with van der Waals surface area (Å²) in [7, 11) is 0. The van der Waals surface area contributed by atoms with E-state index in [0.29, 0.717) is 5.69 Å². The summed E-state index contributed by atoms with van der Waals surface area (Å²) in [5, 5.41) is 14.5. The van der Waals surface area contributed by atoms with Crippen LogP contribution in [-0.2, 0) is 0 Å². The van der Waals surface area contributed by atoms with E-state index in [0.717, 1.165) is 21.3 Å². The highest BCUT2D eigenvalue weighted by molar-refractivity contribution is 7.18. The number of carbonyl (C=O) groups is 1. The number of nitrogens with one attached hydrogen (secondary N) is 1. The Morgan fingerprint density at radius 3 is 2.83 bits per heavy atom. The van der Waals surface area contributed by atoms with Crippen molar-refractivity contribution < 1.29 is 9.72 Å². The lowest BCUT2D eigenvalue weighted by molar-refractivity contribution is -0.383. The lowest BCUT2D eigenvalue weighted by Gasteiger charge is -2.06. The van der Waals surface area contributed by atoms with Crippen molar-refractivity contribution in [3.8, 4) is 0 Å². The average molecular weight is 328 g/mol. The number of hydrogen-bond donors (Lipinski definition) is 2. The zero-order chi connectivity index (χ0) is 16.6. The highest BCUT2D eigenvalue weighted by Crippen LogP contribution is 2.26. The molecule has 3 rings (SSSR count). The second-order valence-corrected chi connectivity index (χ2v) is 6.13. The number of aryl methyl sites for hydroxylation is 1. The Balaban J connectivity index is 1.88. The van der Waals surface area contributed by atoms with E-state index in [4.69, 9.17) is 5.73 Å². The minimum Gasteiger partial charge on any atom is -0.393 e. The van der Waals surface area contributed by atoms with E-state index in [1.807, 2.05) is 13.0 Å². The van der Waals surface area contributed by atoms with Crippen LogP contribution >= 0.6 is 11.3 Å². The number of rotatable bonds is 3. The third kappa shape index (κ3) is 2.97. The maximum Gasteiger partial charge on any atom is 0.292 e. The molecule has 0 aliphatic carbocycles. The molecular formula is C15H12N4O3S. The molecule has 3 aromatic rings. The van der Waals surface area contributed by atoms with Crippen LogP contribution < -0.4 is 11.1 Å². The van der Waals surface area contributed by atoms with Gasteiger partial charge in [-0.05, 0) is 37.3 Å². The molecule has 1 aromatic heterocycles. The highest BCUT2D eigenvalue weighted by Gasteiger charge is 2.16. The summed E-state index contributed by atoms with van der Waals surface area (Å²) in [6.07, 6.45) is 0. The maximum atomic E-state index is 12.2. The fourth-order valence-electron chi connectivity index (χ4n) is 2.17. The quantitative estimate of drug-likeness (QED) is 0.435. The number of hydrogen-bond acceptors (Lipinski definition) is 6. The molecule has 8 heteroatoms. The minimum atomic E-state index is -0.615. The number of aromatic nitrogens is 1. The number of carbonyl (C=O) groups excluding carboxylic acids is 1. The number of nitro groups is 1. The molecule has 0 unspecified atom stereocenters. The van der Waals surface area contributed by atoms with Crippen LogP contribution in [0.1, 0.15) is 15.4 Å². The van der Waals surface area contributed by atoms with Gasteiger partial charge in [0.25, 0.3) is 11.6 Å². The molecule has 3 N–H and O–H groups in total. The lowest BCUT2D eigenvalue weighted by atomic mass is 10.1. The first-order chi connectivity index (χ1) is 10.9. The van der Waals surface area contributed by atoms with Crippen molar-refractivity contribution in [1.29, 1.82) is 0 Å². The van der Waals surface area contributed by atoms with Crippen LogP contribution in [0.25, 0.3) is 10.2 Å². The average Bonchev–Trinajstić information content (AvgIpc) is 2.86. The lowest BCUT2D eigenvalue weighted by Crippen LogP contribution is -2.12. The number of amides is 1. The summed E-state index contributed by atoms with van der Waals surface area (Å²) in [6, 6.07) is 9.37. The van der Waals surface area contributed by atoms with Gasteiger partial charge in [-0.25, -0.2) is 4.98 Å². The molecule has 1 heterocycles. The molecule has 0 bridgehead atoms. The second-order valence-electron chi connectivity index (χ2n) is 4.90. The zero-order valence-electron chi connectivity index (χ0n) is 12.1. The molecule has 0 saturated heterocycles. The smallest absolute Gasteiger partial charge is 0.292 e. The van der Waals surface area contributed by atoms with E-state index in [9.17, 15) is 14.9 Å². The van der Waals surface area contributed by atoms with Crippen molar-refractivity contribution in [2.24, 2.45) is 0 Å². The highest BCUT2D eigenvalue weighted by atomic mass is 32.1. The van der Waals surface area contributed by atoms with Crippen molar-refractivity contribution >= 4 is 44.5 Å². The Morgan fingerprint density at radius 2 is 2.09 bits per heavy atom. The first-order valence-electron chi connectivity index (χ1n) is 6.66. The molecule has 0 atom stereocenters. The number of nitro benzene ring substituents is 1. The number of fused-ring (bicyclic) bond motifs is 1. The number of thiazole rings is 1. The zero-order valence-corrected chi connectivity index (χ0v) is 12.9.